The van der Waals surface area contributed by atoms with Crippen LogP contribution in [0.15, 0.2) is 65.1 Å². The zero-order valence-corrected chi connectivity index (χ0v) is 13.7. The first kappa shape index (κ1) is 15.4. The van der Waals surface area contributed by atoms with Gasteiger partial charge in [-0.1, -0.05) is 12.1 Å². The molecule has 1 atom stereocenters. The van der Waals surface area contributed by atoms with E-state index in [1.165, 1.54) is 12.1 Å². The van der Waals surface area contributed by atoms with Gasteiger partial charge >= 0.3 is 0 Å². The summed E-state index contributed by atoms with van der Waals surface area (Å²) in [5.41, 5.74) is 2.24. The van der Waals surface area contributed by atoms with Crippen molar-refractivity contribution in [2.45, 2.75) is 13.1 Å². The Hall–Kier alpha value is -3.08. The number of benzene rings is 2. The first-order chi connectivity index (χ1) is 12.2. The number of para-hydroxylation sites is 1. The summed E-state index contributed by atoms with van der Waals surface area (Å²) < 4.78 is 19.1. The van der Waals surface area contributed by atoms with Crippen molar-refractivity contribution in [3.8, 4) is 11.3 Å². The molecular formula is C20H17FN2O2. The van der Waals surface area contributed by atoms with E-state index in [4.69, 9.17) is 4.42 Å². The van der Waals surface area contributed by atoms with E-state index in [2.05, 4.69) is 5.32 Å². The molecule has 0 radical (unpaired) electrons. The molecule has 2 aromatic carbocycles. The fraction of sp³-hybridized carbons (Fsp3) is 0.150. The number of hydrogen-bond donors (Lipinski definition) is 1. The van der Waals surface area contributed by atoms with E-state index in [-0.39, 0.29) is 17.9 Å². The fourth-order valence-electron chi connectivity index (χ4n) is 3.11. The van der Waals surface area contributed by atoms with Crippen LogP contribution in [0.1, 0.15) is 29.2 Å². The van der Waals surface area contributed by atoms with E-state index in [9.17, 15) is 9.18 Å². The summed E-state index contributed by atoms with van der Waals surface area (Å²) in [6.07, 6.45) is -0.374. The summed E-state index contributed by atoms with van der Waals surface area (Å²) in [5.74, 6) is 0.966. The molecule has 1 aromatic heterocycles. The molecular weight excluding hydrogens is 319 g/mol. The second-order valence-corrected chi connectivity index (χ2v) is 5.89. The van der Waals surface area contributed by atoms with Gasteiger partial charge in [-0.25, -0.2) is 4.39 Å². The molecule has 1 unspecified atom stereocenters. The van der Waals surface area contributed by atoms with Gasteiger partial charge in [0, 0.05) is 17.8 Å². The van der Waals surface area contributed by atoms with Gasteiger partial charge in [-0.05, 0) is 55.5 Å². The molecule has 2 heterocycles. The number of amides is 1. The van der Waals surface area contributed by atoms with Crippen LogP contribution in [-0.2, 0) is 0 Å². The molecule has 1 amide bonds. The number of rotatable bonds is 3. The lowest BCUT2D eigenvalue weighted by Crippen LogP contribution is -2.42. The Balaban J connectivity index is 1.69. The Kier molecular flexibility index (Phi) is 3.76. The molecule has 4 rings (SSSR count). The van der Waals surface area contributed by atoms with Crippen molar-refractivity contribution >= 4 is 11.6 Å². The van der Waals surface area contributed by atoms with E-state index in [1.807, 2.05) is 43.3 Å². The average molecular weight is 336 g/mol. The predicted molar refractivity (Wildman–Crippen MR) is 93.6 cm³/mol. The van der Waals surface area contributed by atoms with Crippen LogP contribution >= 0.6 is 0 Å². The Morgan fingerprint density at radius 1 is 1.08 bits per heavy atom. The number of nitrogens with zero attached hydrogens (tertiary/aromatic N) is 1. The molecule has 3 aromatic rings. The lowest BCUT2D eigenvalue weighted by Gasteiger charge is -2.36. The van der Waals surface area contributed by atoms with E-state index in [0.29, 0.717) is 23.6 Å². The van der Waals surface area contributed by atoms with Crippen molar-refractivity contribution in [3.63, 3.8) is 0 Å². The minimum Gasteiger partial charge on any atom is -0.457 e. The lowest BCUT2D eigenvalue weighted by molar-refractivity contribution is 0.0676. The molecule has 0 bridgehead atoms. The summed E-state index contributed by atoms with van der Waals surface area (Å²) in [7, 11) is 0. The highest BCUT2D eigenvalue weighted by Crippen LogP contribution is 2.35. The van der Waals surface area contributed by atoms with Gasteiger partial charge in [0.1, 0.15) is 17.3 Å². The van der Waals surface area contributed by atoms with E-state index in [0.717, 1.165) is 11.3 Å². The van der Waals surface area contributed by atoms with Gasteiger partial charge < -0.3 is 14.6 Å². The van der Waals surface area contributed by atoms with Crippen LogP contribution in [0, 0.1) is 5.82 Å². The summed E-state index contributed by atoms with van der Waals surface area (Å²) in [5, 5.41) is 3.37. The van der Waals surface area contributed by atoms with Crippen LogP contribution in [0.25, 0.3) is 11.3 Å². The van der Waals surface area contributed by atoms with Crippen molar-refractivity contribution in [2.24, 2.45) is 0 Å². The number of carbonyl (C=O) groups is 1. The van der Waals surface area contributed by atoms with Crippen LogP contribution in [0.2, 0.25) is 0 Å². The molecule has 0 aliphatic carbocycles. The molecule has 0 spiro atoms. The molecule has 25 heavy (non-hydrogen) atoms. The summed E-state index contributed by atoms with van der Waals surface area (Å²) in [6.45, 7) is 2.49. The van der Waals surface area contributed by atoms with Gasteiger partial charge in [0.15, 0.2) is 6.17 Å². The molecule has 1 aliphatic heterocycles. The van der Waals surface area contributed by atoms with Gasteiger partial charge in [-0.15, -0.1) is 0 Å². The second-order valence-electron chi connectivity index (χ2n) is 5.89. The number of nitrogens with one attached hydrogen (secondary N) is 1. The van der Waals surface area contributed by atoms with Gasteiger partial charge in [-0.3, -0.25) is 4.79 Å². The maximum Gasteiger partial charge on any atom is 0.257 e. The van der Waals surface area contributed by atoms with Gasteiger partial charge in [-0.2, -0.15) is 0 Å². The Morgan fingerprint density at radius 2 is 1.84 bits per heavy atom. The number of anilines is 1. The maximum atomic E-state index is 13.1. The molecule has 5 heteroatoms. The highest BCUT2D eigenvalue weighted by atomic mass is 19.1. The van der Waals surface area contributed by atoms with E-state index in [1.54, 1.807) is 17.0 Å². The number of fused-ring (bicyclic) bond motifs is 1. The topological polar surface area (TPSA) is 45.5 Å². The fourth-order valence-corrected chi connectivity index (χ4v) is 3.11. The third-order valence-electron chi connectivity index (χ3n) is 4.39. The molecule has 0 fully saturated rings. The van der Waals surface area contributed by atoms with Crippen molar-refractivity contribution in [2.75, 3.05) is 11.9 Å². The number of carbonyl (C=O) groups excluding carboxylic acids is 1. The zero-order chi connectivity index (χ0) is 17.4. The third-order valence-corrected chi connectivity index (χ3v) is 4.39. The first-order valence-corrected chi connectivity index (χ1v) is 8.19. The molecule has 4 nitrogen and oxygen atoms in total. The van der Waals surface area contributed by atoms with Gasteiger partial charge in [0.2, 0.25) is 0 Å². The van der Waals surface area contributed by atoms with Crippen molar-refractivity contribution in [3.05, 3.63) is 77.8 Å². The van der Waals surface area contributed by atoms with Crippen molar-refractivity contribution in [1.29, 1.82) is 0 Å². The smallest absolute Gasteiger partial charge is 0.257 e. The maximum absolute atomic E-state index is 13.1. The Morgan fingerprint density at radius 3 is 2.60 bits per heavy atom. The molecule has 1 aliphatic rings. The monoisotopic (exact) mass is 336 g/mol. The van der Waals surface area contributed by atoms with Crippen LogP contribution in [-0.4, -0.2) is 17.4 Å². The zero-order valence-electron chi connectivity index (χ0n) is 13.7. The Bertz CT molecular complexity index is 917. The summed E-state index contributed by atoms with van der Waals surface area (Å²) >= 11 is 0. The average Bonchev–Trinajstić information content (AvgIpc) is 3.12. The van der Waals surface area contributed by atoms with Gasteiger partial charge in [0.05, 0.1) is 5.56 Å². The van der Waals surface area contributed by atoms with Crippen LogP contribution in [0.4, 0.5) is 10.1 Å². The SMILES string of the molecule is CCN1C(=O)c2ccccc2NC1c1ccc(-c2ccc(F)cc2)o1. The minimum atomic E-state index is -0.374. The first-order valence-electron chi connectivity index (χ1n) is 8.19. The normalized spacial score (nSPS) is 16.5. The van der Waals surface area contributed by atoms with Crippen LogP contribution in [0.5, 0.6) is 0 Å². The molecule has 1 N–H and O–H groups in total. The van der Waals surface area contributed by atoms with E-state index >= 15 is 0 Å². The van der Waals surface area contributed by atoms with Crippen LogP contribution in [0.3, 0.4) is 0 Å². The third kappa shape index (κ3) is 2.67. The number of furan rings is 1. The van der Waals surface area contributed by atoms with Crippen molar-refractivity contribution in [1.82, 2.24) is 4.90 Å². The number of halogens is 1. The molecule has 0 saturated heterocycles. The van der Waals surface area contributed by atoms with E-state index < -0.39 is 0 Å². The summed E-state index contributed by atoms with van der Waals surface area (Å²) in [6, 6.07) is 17.3. The number of hydrogen-bond acceptors (Lipinski definition) is 3. The Labute approximate surface area is 144 Å². The quantitative estimate of drug-likeness (QED) is 0.756. The highest BCUT2D eigenvalue weighted by Gasteiger charge is 2.33. The van der Waals surface area contributed by atoms with Gasteiger partial charge in [0.25, 0.3) is 5.91 Å². The predicted octanol–water partition coefficient (Wildman–Crippen LogP) is 4.67. The summed E-state index contributed by atoms with van der Waals surface area (Å²) in [4.78, 5) is 14.5. The molecule has 0 saturated carbocycles. The van der Waals surface area contributed by atoms with Crippen LogP contribution < -0.4 is 5.32 Å². The second kappa shape index (κ2) is 6.09. The molecule has 126 valence electrons. The highest BCUT2D eigenvalue weighted by molar-refractivity contribution is 6.01. The van der Waals surface area contributed by atoms with Crippen molar-refractivity contribution < 1.29 is 13.6 Å². The standard InChI is InChI=1S/C20H17FN2O2/c1-2-23-19(22-16-6-4-3-5-15(16)20(23)24)18-12-11-17(25-18)13-7-9-14(21)10-8-13/h3-12,19,22H,2H2,1H3. The lowest BCUT2D eigenvalue weighted by atomic mass is 10.1. The minimum absolute atomic E-state index is 0.0263. The largest absolute Gasteiger partial charge is 0.457 e.